The van der Waals surface area contributed by atoms with Gasteiger partial charge in [0.05, 0.1) is 13.7 Å². The predicted molar refractivity (Wildman–Crippen MR) is 63.7 cm³/mol. The van der Waals surface area contributed by atoms with Crippen molar-refractivity contribution in [3.63, 3.8) is 0 Å². The lowest BCUT2D eigenvalue weighted by Gasteiger charge is -2.01. The Kier molecular flexibility index (Phi) is 3.24. The van der Waals surface area contributed by atoms with E-state index in [0.29, 0.717) is 23.0 Å². The second-order valence-electron chi connectivity index (χ2n) is 3.33. The minimum atomic E-state index is -0.501. The van der Waals surface area contributed by atoms with Crippen LogP contribution < -0.4 is 4.74 Å². The Morgan fingerprint density at radius 2 is 2.24 bits per heavy atom. The highest BCUT2D eigenvalue weighted by Gasteiger charge is 2.16. The van der Waals surface area contributed by atoms with E-state index in [2.05, 4.69) is 0 Å². The third kappa shape index (κ3) is 2.08. The Morgan fingerprint density at radius 1 is 1.47 bits per heavy atom. The summed E-state index contributed by atoms with van der Waals surface area (Å²) in [4.78, 5) is 11.5. The van der Waals surface area contributed by atoms with Crippen molar-refractivity contribution in [3.8, 4) is 5.75 Å². The van der Waals surface area contributed by atoms with E-state index in [0.717, 1.165) is 5.39 Å². The summed E-state index contributed by atoms with van der Waals surface area (Å²) in [6.07, 6.45) is 0. The van der Waals surface area contributed by atoms with E-state index >= 15 is 0 Å². The molecular formula is C12H11ClO4. The molecule has 1 aromatic heterocycles. The van der Waals surface area contributed by atoms with Crippen LogP contribution in [-0.2, 0) is 4.74 Å². The van der Waals surface area contributed by atoms with Gasteiger partial charge in [0.25, 0.3) is 0 Å². The van der Waals surface area contributed by atoms with Gasteiger partial charge in [0, 0.05) is 5.39 Å². The van der Waals surface area contributed by atoms with E-state index in [-0.39, 0.29) is 5.76 Å². The molecule has 0 unspecified atom stereocenters. The first kappa shape index (κ1) is 11.8. The smallest absolute Gasteiger partial charge is 0.374 e. The molecule has 0 spiro atoms. The number of carbonyl (C=O) groups is 1. The van der Waals surface area contributed by atoms with Gasteiger partial charge in [-0.3, -0.25) is 0 Å². The maximum absolute atomic E-state index is 11.5. The summed E-state index contributed by atoms with van der Waals surface area (Å²) < 4.78 is 15.3. The second-order valence-corrected chi connectivity index (χ2v) is 3.71. The predicted octanol–water partition coefficient (Wildman–Crippen LogP) is 3.27. The van der Waals surface area contributed by atoms with Crippen molar-refractivity contribution >= 4 is 28.5 Å². The highest BCUT2D eigenvalue weighted by atomic mass is 35.5. The van der Waals surface area contributed by atoms with Crippen molar-refractivity contribution in [1.82, 2.24) is 0 Å². The SMILES string of the molecule is CCOC(=O)c1cc2ccc(OC)c(Cl)c2o1. The third-order valence-corrected chi connectivity index (χ3v) is 2.65. The van der Waals surface area contributed by atoms with Crippen molar-refractivity contribution in [2.75, 3.05) is 13.7 Å². The number of hydrogen-bond acceptors (Lipinski definition) is 4. The number of furan rings is 1. The van der Waals surface area contributed by atoms with Crippen LogP contribution in [0.25, 0.3) is 11.0 Å². The largest absolute Gasteiger partial charge is 0.495 e. The topological polar surface area (TPSA) is 48.7 Å². The average molecular weight is 255 g/mol. The fraction of sp³-hybridized carbons (Fsp3) is 0.250. The number of hydrogen-bond donors (Lipinski definition) is 0. The minimum absolute atomic E-state index is 0.136. The molecule has 0 saturated carbocycles. The number of rotatable bonds is 3. The van der Waals surface area contributed by atoms with Gasteiger partial charge in [-0.1, -0.05) is 11.6 Å². The summed E-state index contributed by atoms with van der Waals surface area (Å²) in [6.45, 7) is 2.03. The number of methoxy groups -OCH3 is 1. The highest BCUT2D eigenvalue weighted by Crippen LogP contribution is 2.34. The van der Waals surface area contributed by atoms with Crippen LogP contribution in [0.5, 0.6) is 5.75 Å². The molecule has 0 bridgehead atoms. The van der Waals surface area contributed by atoms with Crippen LogP contribution in [0, 0.1) is 0 Å². The van der Waals surface area contributed by atoms with Crippen molar-refractivity contribution in [2.24, 2.45) is 0 Å². The lowest BCUT2D eigenvalue weighted by molar-refractivity contribution is 0.0492. The highest BCUT2D eigenvalue weighted by molar-refractivity contribution is 6.36. The number of esters is 1. The molecule has 5 heteroatoms. The molecule has 0 aliphatic carbocycles. The standard InChI is InChI=1S/C12H11ClO4/c1-3-16-12(14)9-6-7-4-5-8(15-2)10(13)11(7)17-9/h4-6H,3H2,1-2H3. The van der Waals surface area contributed by atoms with E-state index in [1.807, 2.05) is 0 Å². The Bertz CT molecular complexity index is 559. The first-order chi connectivity index (χ1) is 8.17. The molecule has 0 fully saturated rings. The lowest BCUT2D eigenvalue weighted by atomic mass is 10.2. The van der Waals surface area contributed by atoms with E-state index < -0.39 is 5.97 Å². The molecule has 2 rings (SSSR count). The Balaban J connectivity index is 2.50. The molecule has 1 heterocycles. The van der Waals surface area contributed by atoms with Crippen LogP contribution in [0.1, 0.15) is 17.5 Å². The Morgan fingerprint density at radius 3 is 2.88 bits per heavy atom. The molecule has 0 N–H and O–H groups in total. The molecule has 0 aliphatic heterocycles. The van der Waals surface area contributed by atoms with Crippen LogP contribution in [0.15, 0.2) is 22.6 Å². The zero-order valence-electron chi connectivity index (χ0n) is 9.45. The van der Waals surface area contributed by atoms with Gasteiger partial charge in [0.2, 0.25) is 5.76 Å². The monoisotopic (exact) mass is 254 g/mol. The summed E-state index contributed by atoms with van der Waals surface area (Å²) in [5.74, 6) is 0.139. The second kappa shape index (κ2) is 4.67. The van der Waals surface area contributed by atoms with Gasteiger partial charge in [-0.15, -0.1) is 0 Å². The van der Waals surface area contributed by atoms with Gasteiger partial charge in [-0.25, -0.2) is 4.79 Å². The maximum Gasteiger partial charge on any atom is 0.374 e. The zero-order chi connectivity index (χ0) is 12.4. The van der Waals surface area contributed by atoms with Crippen molar-refractivity contribution in [2.45, 2.75) is 6.92 Å². The van der Waals surface area contributed by atoms with Crippen LogP contribution >= 0.6 is 11.6 Å². The molecule has 0 saturated heterocycles. The van der Waals surface area contributed by atoms with Gasteiger partial charge in [-0.2, -0.15) is 0 Å². The van der Waals surface area contributed by atoms with E-state index in [1.54, 1.807) is 25.1 Å². The van der Waals surface area contributed by atoms with Gasteiger partial charge < -0.3 is 13.9 Å². The molecule has 0 atom stereocenters. The number of carbonyl (C=O) groups excluding carboxylic acids is 1. The lowest BCUT2D eigenvalue weighted by Crippen LogP contribution is -2.02. The molecule has 0 radical (unpaired) electrons. The normalized spacial score (nSPS) is 10.5. The fourth-order valence-electron chi connectivity index (χ4n) is 1.51. The first-order valence-electron chi connectivity index (χ1n) is 5.10. The zero-order valence-corrected chi connectivity index (χ0v) is 10.2. The molecule has 1 aromatic carbocycles. The van der Waals surface area contributed by atoms with Gasteiger partial charge in [0.15, 0.2) is 5.58 Å². The van der Waals surface area contributed by atoms with E-state index in [4.69, 9.17) is 25.5 Å². The summed E-state index contributed by atoms with van der Waals surface area (Å²) >= 11 is 6.07. The molecule has 0 aliphatic rings. The van der Waals surface area contributed by atoms with Crippen LogP contribution in [-0.4, -0.2) is 19.7 Å². The molecule has 2 aromatic rings. The fourth-order valence-corrected chi connectivity index (χ4v) is 1.80. The van der Waals surface area contributed by atoms with Crippen molar-refractivity contribution in [3.05, 3.63) is 29.0 Å². The van der Waals surface area contributed by atoms with Crippen molar-refractivity contribution in [1.29, 1.82) is 0 Å². The van der Waals surface area contributed by atoms with Crippen LogP contribution in [0.2, 0.25) is 5.02 Å². The minimum Gasteiger partial charge on any atom is -0.495 e. The summed E-state index contributed by atoms with van der Waals surface area (Å²) in [7, 11) is 1.52. The van der Waals surface area contributed by atoms with Crippen LogP contribution in [0.4, 0.5) is 0 Å². The molecule has 4 nitrogen and oxygen atoms in total. The molecule has 0 amide bonds. The summed E-state index contributed by atoms with van der Waals surface area (Å²) in [6, 6.07) is 5.08. The van der Waals surface area contributed by atoms with Gasteiger partial charge in [0.1, 0.15) is 10.8 Å². The number of fused-ring (bicyclic) bond motifs is 1. The maximum atomic E-state index is 11.5. The average Bonchev–Trinajstić information content (AvgIpc) is 2.75. The number of ether oxygens (including phenoxy) is 2. The Hall–Kier alpha value is -1.68. The molecule has 90 valence electrons. The van der Waals surface area contributed by atoms with Crippen LogP contribution in [0.3, 0.4) is 0 Å². The van der Waals surface area contributed by atoms with E-state index in [1.165, 1.54) is 7.11 Å². The first-order valence-corrected chi connectivity index (χ1v) is 5.48. The quantitative estimate of drug-likeness (QED) is 0.789. The van der Waals surface area contributed by atoms with Gasteiger partial charge >= 0.3 is 5.97 Å². The van der Waals surface area contributed by atoms with Crippen molar-refractivity contribution < 1.29 is 18.7 Å². The molecule has 17 heavy (non-hydrogen) atoms. The Labute approximate surface area is 103 Å². The van der Waals surface area contributed by atoms with Gasteiger partial charge in [-0.05, 0) is 25.1 Å². The number of halogens is 1. The van der Waals surface area contributed by atoms with E-state index in [9.17, 15) is 4.79 Å². The number of benzene rings is 1. The summed E-state index contributed by atoms with van der Waals surface area (Å²) in [5, 5.41) is 1.08. The summed E-state index contributed by atoms with van der Waals surface area (Å²) in [5.41, 5.74) is 0.425. The third-order valence-electron chi connectivity index (χ3n) is 2.29. The molecular weight excluding hydrogens is 244 g/mol.